The van der Waals surface area contributed by atoms with E-state index in [0.29, 0.717) is 12.5 Å². The van der Waals surface area contributed by atoms with Gasteiger partial charge >= 0.3 is 0 Å². The van der Waals surface area contributed by atoms with Gasteiger partial charge in [0, 0.05) is 18.2 Å². The lowest BCUT2D eigenvalue weighted by Crippen LogP contribution is -2.30. The van der Waals surface area contributed by atoms with Crippen LogP contribution < -0.4 is 10.7 Å². The number of hydrogen-bond acceptors (Lipinski definition) is 7. The lowest BCUT2D eigenvalue weighted by atomic mass is 10.2. The molecule has 0 fully saturated rings. The third-order valence-electron chi connectivity index (χ3n) is 2.17. The van der Waals surface area contributed by atoms with Gasteiger partial charge in [0.05, 0.1) is 12.8 Å². The summed E-state index contributed by atoms with van der Waals surface area (Å²) in [6.45, 7) is 1.46. The monoisotopic (exact) mass is 236 g/mol. The maximum absolute atomic E-state index is 9.47. The zero-order chi connectivity index (χ0) is 12.3. The number of nitrogens with one attached hydrogen (secondary N) is 2. The topological polar surface area (TPSA) is 109 Å². The van der Waals surface area contributed by atoms with Crippen molar-refractivity contribution in [2.45, 2.75) is 0 Å². The second kappa shape index (κ2) is 4.60. The van der Waals surface area contributed by atoms with E-state index in [1.807, 2.05) is 0 Å². The van der Waals surface area contributed by atoms with E-state index >= 15 is 0 Å². The first-order chi connectivity index (χ1) is 8.16. The van der Waals surface area contributed by atoms with Crippen molar-refractivity contribution in [2.75, 3.05) is 13.1 Å². The molecule has 0 aromatic heterocycles. The molecule has 1 aromatic carbocycles. The van der Waals surface area contributed by atoms with Gasteiger partial charge in [0.25, 0.3) is 0 Å². The molecule has 0 unspecified atom stereocenters. The van der Waals surface area contributed by atoms with E-state index in [1.165, 1.54) is 12.3 Å². The highest BCUT2D eigenvalue weighted by Crippen LogP contribution is 2.30. The fraction of sp³-hybridized carbons (Fsp3) is 0.200. The van der Waals surface area contributed by atoms with E-state index in [1.54, 1.807) is 0 Å². The Hall–Kier alpha value is -2.44. The Morgan fingerprint density at radius 2 is 2.00 bits per heavy atom. The van der Waals surface area contributed by atoms with Crippen molar-refractivity contribution in [1.29, 1.82) is 0 Å². The number of nitrogens with zero attached hydrogens (tertiary/aromatic N) is 2. The molecule has 0 bridgehead atoms. The highest BCUT2D eigenvalue weighted by Gasteiger charge is 2.06. The summed E-state index contributed by atoms with van der Waals surface area (Å²) in [7, 11) is 0. The molecule has 0 atom stereocenters. The van der Waals surface area contributed by atoms with Crippen LogP contribution in [-0.4, -0.2) is 40.6 Å². The molecule has 90 valence electrons. The summed E-state index contributed by atoms with van der Waals surface area (Å²) in [4.78, 5) is 4.05. The number of benzene rings is 1. The standard InChI is InChI=1S/C10H12N4O3/c15-7-4-9(17)8(16)3-6(7)5-13-14-10-11-1-2-12-10/h3-5,15-17H,1-2H2,(H2,11,12,14). The zero-order valence-electron chi connectivity index (χ0n) is 8.88. The molecule has 7 nitrogen and oxygen atoms in total. The van der Waals surface area contributed by atoms with E-state index in [0.717, 1.165) is 12.6 Å². The molecule has 1 aliphatic rings. The average molecular weight is 236 g/mol. The van der Waals surface area contributed by atoms with Crippen LogP contribution in [0.1, 0.15) is 5.56 Å². The summed E-state index contributed by atoms with van der Waals surface area (Å²) < 4.78 is 0. The maximum atomic E-state index is 9.47. The molecular formula is C10H12N4O3. The normalized spacial score (nSPS) is 14.7. The number of hydrazone groups is 1. The first-order valence-corrected chi connectivity index (χ1v) is 4.99. The van der Waals surface area contributed by atoms with Crippen LogP contribution in [0.4, 0.5) is 0 Å². The summed E-state index contributed by atoms with van der Waals surface area (Å²) >= 11 is 0. The number of rotatable bonds is 2. The summed E-state index contributed by atoms with van der Waals surface area (Å²) in [5, 5.41) is 34.6. The lowest BCUT2D eigenvalue weighted by molar-refractivity contribution is 0.396. The van der Waals surface area contributed by atoms with Gasteiger partial charge in [0.15, 0.2) is 11.5 Å². The predicted octanol–water partition coefficient (Wildman–Crippen LogP) is -0.314. The molecule has 1 aliphatic heterocycles. The van der Waals surface area contributed by atoms with Crippen LogP contribution in [0.15, 0.2) is 22.2 Å². The third-order valence-corrected chi connectivity index (χ3v) is 2.17. The number of phenolic OH excluding ortho intramolecular Hbond substituents is 3. The van der Waals surface area contributed by atoms with Gasteiger partial charge in [-0.25, -0.2) is 10.4 Å². The fourth-order valence-electron chi connectivity index (χ4n) is 1.32. The zero-order valence-corrected chi connectivity index (χ0v) is 8.88. The van der Waals surface area contributed by atoms with Gasteiger partial charge in [-0.15, -0.1) is 0 Å². The highest BCUT2D eigenvalue weighted by molar-refractivity contribution is 5.87. The Morgan fingerprint density at radius 3 is 2.71 bits per heavy atom. The Morgan fingerprint density at radius 1 is 1.24 bits per heavy atom. The smallest absolute Gasteiger partial charge is 0.212 e. The molecule has 1 heterocycles. The number of phenols is 3. The number of guanidine groups is 1. The first-order valence-electron chi connectivity index (χ1n) is 4.99. The van der Waals surface area contributed by atoms with Gasteiger partial charge in [-0.3, -0.25) is 0 Å². The van der Waals surface area contributed by atoms with E-state index in [2.05, 4.69) is 20.8 Å². The van der Waals surface area contributed by atoms with E-state index < -0.39 is 0 Å². The molecule has 0 saturated heterocycles. The van der Waals surface area contributed by atoms with Gasteiger partial charge < -0.3 is 20.6 Å². The fourth-order valence-corrected chi connectivity index (χ4v) is 1.32. The van der Waals surface area contributed by atoms with Crippen molar-refractivity contribution in [1.82, 2.24) is 10.7 Å². The average Bonchev–Trinajstić information content (AvgIpc) is 2.78. The minimum Gasteiger partial charge on any atom is -0.507 e. The Bertz CT molecular complexity index is 485. The largest absolute Gasteiger partial charge is 0.507 e. The van der Waals surface area contributed by atoms with Gasteiger partial charge in [0.1, 0.15) is 5.75 Å². The summed E-state index contributed by atoms with van der Waals surface area (Å²) in [5.41, 5.74) is 2.93. The highest BCUT2D eigenvalue weighted by atomic mass is 16.3. The van der Waals surface area contributed by atoms with Crippen molar-refractivity contribution < 1.29 is 15.3 Å². The molecule has 0 amide bonds. The minimum absolute atomic E-state index is 0.174. The molecular weight excluding hydrogens is 224 g/mol. The van der Waals surface area contributed by atoms with Gasteiger partial charge in [-0.1, -0.05) is 0 Å². The molecule has 0 aliphatic carbocycles. The van der Waals surface area contributed by atoms with Crippen LogP contribution in [0.2, 0.25) is 0 Å². The Labute approximate surface area is 97.1 Å². The van der Waals surface area contributed by atoms with Crippen LogP contribution in [0, 0.1) is 0 Å². The quantitative estimate of drug-likeness (QED) is 0.209. The van der Waals surface area contributed by atoms with E-state index in [-0.39, 0.29) is 22.8 Å². The van der Waals surface area contributed by atoms with Crippen LogP contribution >= 0.6 is 0 Å². The Balaban J connectivity index is 2.07. The van der Waals surface area contributed by atoms with E-state index in [4.69, 9.17) is 5.11 Å². The van der Waals surface area contributed by atoms with Crippen LogP contribution in [0.5, 0.6) is 17.2 Å². The van der Waals surface area contributed by atoms with Crippen LogP contribution in [0.3, 0.4) is 0 Å². The van der Waals surface area contributed by atoms with Crippen molar-refractivity contribution in [3.8, 4) is 17.2 Å². The summed E-state index contributed by atoms with van der Waals surface area (Å²) in [6, 6.07) is 2.25. The van der Waals surface area contributed by atoms with Crippen molar-refractivity contribution in [3.05, 3.63) is 17.7 Å². The maximum Gasteiger partial charge on any atom is 0.212 e. The minimum atomic E-state index is -0.380. The SMILES string of the molecule is Oc1cc(O)c(C=NNC2=NCCN2)cc1O. The van der Waals surface area contributed by atoms with Gasteiger partial charge in [-0.2, -0.15) is 5.10 Å². The molecule has 0 saturated carbocycles. The number of aromatic hydroxyl groups is 3. The molecule has 17 heavy (non-hydrogen) atoms. The van der Waals surface area contributed by atoms with Gasteiger partial charge in [-0.05, 0) is 6.07 Å². The lowest BCUT2D eigenvalue weighted by Gasteiger charge is -2.03. The van der Waals surface area contributed by atoms with Crippen LogP contribution in [-0.2, 0) is 0 Å². The van der Waals surface area contributed by atoms with Crippen LogP contribution in [0.25, 0.3) is 0 Å². The van der Waals surface area contributed by atoms with Gasteiger partial charge in [0.2, 0.25) is 5.96 Å². The molecule has 5 N–H and O–H groups in total. The first kappa shape index (κ1) is 11.1. The second-order valence-electron chi connectivity index (χ2n) is 3.43. The summed E-state index contributed by atoms with van der Waals surface area (Å²) in [5.74, 6) is -0.314. The predicted molar refractivity (Wildman–Crippen MR) is 62.5 cm³/mol. The molecule has 2 rings (SSSR count). The molecule has 7 heteroatoms. The number of hydrogen-bond donors (Lipinski definition) is 5. The second-order valence-corrected chi connectivity index (χ2v) is 3.43. The Kier molecular flexibility index (Phi) is 2.99. The summed E-state index contributed by atoms with van der Waals surface area (Å²) in [6.07, 6.45) is 1.32. The molecule has 1 aromatic rings. The van der Waals surface area contributed by atoms with Crippen molar-refractivity contribution in [2.24, 2.45) is 10.1 Å². The number of aliphatic imine (C=N–C) groups is 1. The molecule has 0 radical (unpaired) electrons. The molecule has 0 spiro atoms. The third kappa shape index (κ3) is 2.57. The van der Waals surface area contributed by atoms with E-state index in [9.17, 15) is 10.2 Å². The van der Waals surface area contributed by atoms with Crippen molar-refractivity contribution >= 4 is 12.2 Å². The van der Waals surface area contributed by atoms with Crippen molar-refractivity contribution in [3.63, 3.8) is 0 Å².